The van der Waals surface area contributed by atoms with E-state index in [1.54, 1.807) is 0 Å². The van der Waals surface area contributed by atoms with Crippen molar-refractivity contribution in [3.63, 3.8) is 0 Å². The third-order valence-corrected chi connectivity index (χ3v) is 3.18. The molecule has 0 aromatic heterocycles. The lowest BCUT2D eigenvalue weighted by Crippen LogP contribution is -2.35. The van der Waals surface area contributed by atoms with Crippen LogP contribution in [0.3, 0.4) is 0 Å². The summed E-state index contributed by atoms with van der Waals surface area (Å²) in [4.78, 5) is 13.5. The summed E-state index contributed by atoms with van der Waals surface area (Å²) in [6, 6.07) is 8.34. The maximum absolute atomic E-state index is 11.1. The predicted molar refractivity (Wildman–Crippen MR) is 74.6 cm³/mol. The molecule has 102 valence electrons. The van der Waals surface area contributed by atoms with E-state index in [2.05, 4.69) is 41.1 Å². The molecule has 19 heavy (non-hydrogen) atoms. The highest BCUT2D eigenvalue weighted by molar-refractivity contribution is 5.86. The van der Waals surface area contributed by atoms with Gasteiger partial charge in [0, 0.05) is 26.2 Å². The van der Waals surface area contributed by atoms with E-state index in [0.29, 0.717) is 6.54 Å². The third-order valence-electron chi connectivity index (χ3n) is 3.18. The molecule has 1 aromatic carbocycles. The van der Waals surface area contributed by atoms with Gasteiger partial charge >= 0.3 is 0 Å². The molecule has 0 spiro atoms. The number of ether oxygens (including phenoxy) is 1. The number of rotatable bonds is 5. The molecule has 1 fully saturated rings. The van der Waals surface area contributed by atoms with E-state index in [1.165, 1.54) is 11.6 Å². The van der Waals surface area contributed by atoms with E-state index in [-0.39, 0.29) is 5.91 Å². The van der Waals surface area contributed by atoms with Crippen LogP contribution in [-0.4, -0.2) is 37.1 Å². The summed E-state index contributed by atoms with van der Waals surface area (Å²) in [7, 11) is 0. The molecule has 0 atom stereocenters. The van der Waals surface area contributed by atoms with Crippen LogP contribution < -0.4 is 5.32 Å². The van der Waals surface area contributed by atoms with Gasteiger partial charge in [-0.3, -0.25) is 9.69 Å². The molecule has 1 amide bonds. The smallest absolute Gasteiger partial charge is 0.243 e. The van der Waals surface area contributed by atoms with Crippen LogP contribution in [0.15, 0.2) is 36.9 Å². The van der Waals surface area contributed by atoms with Gasteiger partial charge in [-0.1, -0.05) is 30.8 Å². The molecule has 0 radical (unpaired) electrons. The Bertz CT molecular complexity index is 422. The maximum atomic E-state index is 11.1. The average Bonchev–Trinajstić information content (AvgIpc) is 2.47. The fraction of sp³-hybridized carbons (Fsp3) is 0.400. The lowest BCUT2D eigenvalue weighted by atomic mass is 10.1. The molecular weight excluding hydrogens is 240 g/mol. The Kier molecular flexibility index (Phi) is 5.12. The first-order valence-corrected chi connectivity index (χ1v) is 6.56. The van der Waals surface area contributed by atoms with Gasteiger partial charge in [-0.15, -0.1) is 0 Å². The van der Waals surface area contributed by atoms with Gasteiger partial charge in [0.25, 0.3) is 0 Å². The van der Waals surface area contributed by atoms with E-state index in [1.807, 2.05) is 0 Å². The summed E-state index contributed by atoms with van der Waals surface area (Å²) in [6.45, 7) is 8.57. The topological polar surface area (TPSA) is 41.6 Å². The standard InChI is InChI=1S/C15H20N2O2/c1-2-15(18)16-11-13-3-5-14(6-4-13)12-17-7-9-19-10-8-17/h2-6H,1,7-12H2,(H,16,18). The molecule has 4 nitrogen and oxygen atoms in total. The minimum atomic E-state index is -0.141. The summed E-state index contributed by atoms with van der Waals surface area (Å²) < 4.78 is 5.33. The number of nitrogens with zero attached hydrogens (tertiary/aromatic N) is 1. The Morgan fingerprint density at radius 2 is 1.89 bits per heavy atom. The number of amides is 1. The van der Waals surface area contributed by atoms with Gasteiger partial charge in [0.15, 0.2) is 0 Å². The molecule has 0 unspecified atom stereocenters. The lowest BCUT2D eigenvalue weighted by Gasteiger charge is -2.26. The molecule has 2 rings (SSSR count). The fourth-order valence-electron chi connectivity index (χ4n) is 2.04. The molecule has 4 heteroatoms. The summed E-state index contributed by atoms with van der Waals surface area (Å²) in [6.07, 6.45) is 1.28. The van der Waals surface area contributed by atoms with Crippen molar-refractivity contribution in [3.8, 4) is 0 Å². The van der Waals surface area contributed by atoms with Gasteiger partial charge in [-0.25, -0.2) is 0 Å². The Morgan fingerprint density at radius 1 is 1.26 bits per heavy atom. The molecule has 1 saturated heterocycles. The lowest BCUT2D eigenvalue weighted by molar-refractivity contribution is -0.116. The van der Waals surface area contributed by atoms with Gasteiger partial charge in [0.1, 0.15) is 0 Å². The second kappa shape index (κ2) is 7.07. The Balaban J connectivity index is 1.83. The van der Waals surface area contributed by atoms with Crippen LogP contribution in [0.4, 0.5) is 0 Å². The van der Waals surface area contributed by atoms with Crippen molar-refractivity contribution in [3.05, 3.63) is 48.0 Å². The predicted octanol–water partition coefficient (Wildman–Crippen LogP) is 1.32. The summed E-state index contributed by atoms with van der Waals surface area (Å²) in [5.74, 6) is -0.141. The number of nitrogens with one attached hydrogen (secondary N) is 1. The number of benzene rings is 1. The van der Waals surface area contributed by atoms with Gasteiger partial charge in [0.2, 0.25) is 5.91 Å². The highest BCUT2D eigenvalue weighted by Crippen LogP contribution is 2.09. The number of hydrogen-bond acceptors (Lipinski definition) is 3. The largest absolute Gasteiger partial charge is 0.379 e. The monoisotopic (exact) mass is 260 g/mol. The van der Waals surface area contributed by atoms with E-state index >= 15 is 0 Å². The van der Waals surface area contributed by atoms with E-state index in [9.17, 15) is 4.79 Å². The maximum Gasteiger partial charge on any atom is 0.243 e. The average molecular weight is 260 g/mol. The highest BCUT2D eigenvalue weighted by atomic mass is 16.5. The van der Waals surface area contributed by atoms with Crippen LogP contribution >= 0.6 is 0 Å². The first-order chi connectivity index (χ1) is 9.28. The Hall–Kier alpha value is -1.65. The molecule has 0 saturated carbocycles. The van der Waals surface area contributed by atoms with Crippen molar-refractivity contribution in [1.29, 1.82) is 0 Å². The van der Waals surface area contributed by atoms with Gasteiger partial charge in [-0.05, 0) is 17.2 Å². The van der Waals surface area contributed by atoms with Gasteiger partial charge in [0.05, 0.1) is 13.2 Å². The minimum absolute atomic E-state index is 0.141. The van der Waals surface area contributed by atoms with Crippen molar-refractivity contribution in [2.75, 3.05) is 26.3 Å². The fourth-order valence-corrected chi connectivity index (χ4v) is 2.04. The Labute approximate surface area is 114 Å². The molecular formula is C15H20N2O2. The normalized spacial score (nSPS) is 16.0. The molecule has 1 aliphatic rings. The van der Waals surface area contributed by atoms with Crippen LogP contribution in [0.2, 0.25) is 0 Å². The van der Waals surface area contributed by atoms with E-state index < -0.39 is 0 Å². The summed E-state index contributed by atoms with van der Waals surface area (Å²) in [5, 5.41) is 2.77. The van der Waals surface area contributed by atoms with Gasteiger partial charge in [-0.2, -0.15) is 0 Å². The van der Waals surface area contributed by atoms with E-state index in [4.69, 9.17) is 4.74 Å². The number of carbonyl (C=O) groups is 1. The van der Waals surface area contributed by atoms with E-state index in [0.717, 1.165) is 38.4 Å². The van der Waals surface area contributed by atoms with Crippen molar-refractivity contribution in [2.45, 2.75) is 13.1 Å². The summed E-state index contributed by atoms with van der Waals surface area (Å²) >= 11 is 0. The van der Waals surface area contributed by atoms with Crippen LogP contribution in [-0.2, 0) is 22.6 Å². The zero-order valence-electron chi connectivity index (χ0n) is 11.1. The van der Waals surface area contributed by atoms with Crippen molar-refractivity contribution >= 4 is 5.91 Å². The van der Waals surface area contributed by atoms with Crippen LogP contribution in [0.5, 0.6) is 0 Å². The van der Waals surface area contributed by atoms with Crippen LogP contribution in [0.25, 0.3) is 0 Å². The quantitative estimate of drug-likeness (QED) is 0.812. The highest BCUT2D eigenvalue weighted by Gasteiger charge is 2.10. The first-order valence-electron chi connectivity index (χ1n) is 6.56. The second-order valence-corrected chi connectivity index (χ2v) is 4.63. The molecule has 1 aliphatic heterocycles. The number of morpholine rings is 1. The molecule has 0 aliphatic carbocycles. The van der Waals surface area contributed by atoms with Crippen molar-refractivity contribution < 1.29 is 9.53 Å². The second-order valence-electron chi connectivity index (χ2n) is 4.63. The first kappa shape index (κ1) is 13.8. The molecule has 1 aromatic rings. The number of hydrogen-bond donors (Lipinski definition) is 1. The zero-order chi connectivity index (χ0) is 13.5. The minimum Gasteiger partial charge on any atom is -0.379 e. The molecule has 0 bridgehead atoms. The zero-order valence-corrected chi connectivity index (χ0v) is 11.1. The summed E-state index contributed by atoms with van der Waals surface area (Å²) in [5.41, 5.74) is 2.39. The Morgan fingerprint density at radius 3 is 2.53 bits per heavy atom. The van der Waals surface area contributed by atoms with Crippen LogP contribution in [0, 0.1) is 0 Å². The SMILES string of the molecule is C=CC(=O)NCc1ccc(CN2CCOCC2)cc1. The molecule has 1 heterocycles. The number of carbonyl (C=O) groups excluding carboxylic acids is 1. The van der Waals surface area contributed by atoms with Crippen molar-refractivity contribution in [1.82, 2.24) is 10.2 Å². The van der Waals surface area contributed by atoms with Crippen LogP contribution in [0.1, 0.15) is 11.1 Å². The van der Waals surface area contributed by atoms with Gasteiger partial charge < -0.3 is 10.1 Å². The molecule has 1 N–H and O–H groups in total. The van der Waals surface area contributed by atoms with Crippen molar-refractivity contribution in [2.24, 2.45) is 0 Å². The third kappa shape index (κ3) is 4.50.